The average Bonchev–Trinajstić information content (AvgIpc) is 3.40. The highest BCUT2D eigenvalue weighted by Gasteiger charge is 2.35. The molecule has 1 heterocycles. The predicted molar refractivity (Wildman–Crippen MR) is 148 cm³/mol. The van der Waals surface area contributed by atoms with E-state index in [4.69, 9.17) is 28.8 Å². The molecule has 0 saturated heterocycles. The second-order valence-electron chi connectivity index (χ2n) is 8.78. The van der Waals surface area contributed by atoms with Crippen LogP contribution >= 0.6 is 0 Å². The van der Waals surface area contributed by atoms with Crippen LogP contribution in [-0.4, -0.2) is 46.4 Å². The van der Waals surface area contributed by atoms with Crippen molar-refractivity contribution < 1.29 is 28.8 Å². The Morgan fingerprint density at radius 3 is 2.16 bits per heavy atom. The molecule has 196 valence electrons. The van der Waals surface area contributed by atoms with Gasteiger partial charge in [0.05, 0.1) is 47.3 Å². The highest BCUT2D eigenvalue weighted by molar-refractivity contribution is 6.09. The number of benzene rings is 4. The second kappa shape index (κ2) is 10.4. The van der Waals surface area contributed by atoms with Crippen molar-refractivity contribution in [3.63, 3.8) is 0 Å². The first-order valence-electron chi connectivity index (χ1n) is 12.1. The molecular formula is C30H30N2O6. The van der Waals surface area contributed by atoms with E-state index in [-0.39, 0.29) is 11.8 Å². The van der Waals surface area contributed by atoms with Crippen molar-refractivity contribution in [1.29, 1.82) is 0 Å². The van der Waals surface area contributed by atoms with E-state index < -0.39 is 0 Å². The van der Waals surface area contributed by atoms with Crippen LogP contribution in [0.1, 0.15) is 23.6 Å². The molecule has 1 aliphatic heterocycles. The van der Waals surface area contributed by atoms with E-state index >= 15 is 0 Å². The third-order valence-corrected chi connectivity index (χ3v) is 6.85. The molecule has 1 N–H and O–H groups in total. The summed E-state index contributed by atoms with van der Waals surface area (Å²) < 4.78 is 28.0. The first kappa shape index (κ1) is 25.1. The van der Waals surface area contributed by atoms with Gasteiger partial charge in [0, 0.05) is 35.1 Å². The van der Waals surface area contributed by atoms with Crippen LogP contribution in [0.25, 0.3) is 10.8 Å². The number of phenols is 1. The fourth-order valence-electron chi connectivity index (χ4n) is 4.91. The molecule has 8 heteroatoms. The summed E-state index contributed by atoms with van der Waals surface area (Å²) in [5.41, 5.74) is 2.99. The molecule has 4 aromatic rings. The van der Waals surface area contributed by atoms with Gasteiger partial charge in [0.25, 0.3) is 0 Å². The molecule has 8 nitrogen and oxygen atoms in total. The third kappa shape index (κ3) is 4.28. The average molecular weight is 515 g/mol. The molecule has 0 bridgehead atoms. The fourth-order valence-corrected chi connectivity index (χ4v) is 4.91. The zero-order chi connectivity index (χ0) is 26.8. The number of nitrogens with zero attached hydrogens (tertiary/aromatic N) is 2. The maximum atomic E-state index is 11.2. The lowest BCUT2D eigenvalue weighted by Crippen LogP contribution is -2.20. The van der Waals surface area contributed by atoms with Crippen LogP contribution in [0.2, 0.25) is 0 Å². The van der Waals surface area contributed by atoms with Crippen LogP contribution in [0.4, 0.5) is 5.69 Å². The van der Waals surface area contributed by atoms with E-state index in [9.17, 15) is 5.11 Å². The van der Waals surface area contributed by atoms with Gasteiger partial charge < -0.3 is 28.8 Å². The molecular weight excluding hydrogens is 484 g/mol. The molecule has 0 saturated carbocycles. The number of fused-ring (bicyclic) bond motifs is 1. The van der Waals surface area contributed by atoms with Crippen molar-refractivity contribution in [1.82, 2.24) is 0 Å². The van der Waals surface area contributed by atoms with Crippen molar-refractivity contribution in [2.24, 2.45) is 5.10 Å². The Bertz CT molecular complexity index is 1520. The number of hydrazone groups is 1. The first-order valence-corrected chi connectivity index (χ1v) is 12.1. The van der Waals surface area contributed by atoms with E-state index in [1.165, 1.54) is 0 Å². The molecule has 0 amide bonds. The van der Waals surface area contributed by atoms with Crippen LogP contribution in [0.3, 0.4) is 0 Å². The maximum Gasteiger partial charge on any atom is 0.164 e. The monoisotopic (exact) mass is 514 g/mol. The Balaban J connectivity index is 1.69. The zero-order valence-electron chi connectivity index (χ0n) is 22.0. The van der Waals surface area contributed by atoms with Gasteiger partial charge in [-0.3, -0.25) is 5.01 Å². The number of anilines is 1. The van der Waals surface area contributed by atoms with Gasteiger partial charge in [0.1, 0.15) is 28.7 Å². The number of phenolic OH excluding ortho intramolecular Hbond substituents is 1. The molecule has 1 aliphatic rings. The second-order valence-corrected chi connectivity index (χ2v) is 8.78. The van der Waals surface area contributed by atoms with Crippen LogP contribution in [0.15, 0.2) is 71.8 Å². The number of rotatable bonds is 8. The lowest BCUT2D eigenvalue weighted by atomic mass is 9.95. The third-order valence-electron chi connectivity index (χ3n) is 6.85. The van der Waals surface area contributed by atoms with Crippen LogP contribution in [0.5, 0.6) is 34.5 Å². The Morgan fingerprint density at radius 1 is 0.737 bits per heavy atom. The summed E-state index contributed by atoms with van der Waals surface area (Å²) in [6, 6.07) is 20.7. The summed E-state index contributed by atoms with van der Waals surface area (Å²) >= 11 is 0. The van der Waals surface area contributed by atoms with Crippen molar-refractivity contribution >= 4 is 22.2 Å². The molecule has 1 unspecified atom stereocenters. The maximum absolute atomic E-state index is 11.2. The van der Waals surface area contributed by atoms with Crippen LogP contribution < -0.4 is 28.7 Å². The molecule has 0 aliphatic carbocycles. The minimum atomic E-state index is -0.298. The van der Waals surface area contributed by atoms with Crippen molar-refractivity contribution in [3.05, 3.63) is 77.9 Å². The standard InChI is InChI=1S/C30H30N2O6/c1-34-19-11-13-24(27(14-19)36-3)32-25(22-15-28(37-4)29(38-5)17-26(22)35-2)16-23(31-32)21-12-10-18-8-6-7-9-20(18)30(21)33/h6-15,17,25,33H,16H2,1-5H3. The summed E-state index contributed by atoms with van der Waals surface area (Å²) in [5, 5.41) is 19.9. The van der Waals surface area contributed by atoms with E-state index in [2.05, 4.69) is 0 Å². The Kier molecular flexibility index (Phi) is 6.87. The number of hydrogen-bond donors (Lipinski definition) is 1. The normalized spacial score (nSPS) is 14.8. The number of ether oxygens (including phenoxy) is 5. The van der Waals surface area contributed by atoms with E-state index in [1.54, 1.807) is 35.5 Å². The summed E-state index contributed by atoms with van der Waals surface area (Å²) in [5.74, 6) is 3.23. The molecule has 0 aromatic heterocycles. The summed E-state index contributed by atoms with van der Waals surface area (Å²) in [4.78, 5) is 0. The summed E-state index contributed by atoms with van der Waals surface area (Å²) in [6.07, 6.45) is 0.493. The highest BCUT2D eigenvalue weighted by Crippen LogP contribution is 2.47. The van der Waals surface area contributed by atoms with Gasteiger partial charge in [-0.25, -0.2) is 0 Å². The molecule has 0 radical (unpaired) electrons. The molecule has 4 aromatic carbocycles. The van der Waals surface area contributed by atoms with E-state index in [0.29, 0.717) is 40.7 Å². The van der Waals surface area contributed by atoms with E-state index in [1.807, 2.05) is 71.7 Å². The molecule has 38 heavy (non-hydrogen) atoms. The summed E-state index contributed by atoms with van der Waals surface area (Å²) in [6.45, 7) is 0. The quantitative estimate of drug-likeness (QED) is 0.311. The summed E-state index contributed by atoms with van der Waals surface area (Å²) in [7, 11) is 8.03. The van der Waals surface area contributed by atoms with Gasteiger partial charge in [0.2, 0.25) is 0 Å². The molecule has 0 fully saturated rings. The minimum Gasteiger partial charge on any atom is -0.507 e. The van der Waals surface area contributed by atoms with E-state index in [0.717, 1.165) is 27.7 Å². The van der Waals surface area contributed by atoms with Crippen molar-refractivity contribution in [2.45, 2.75) is 12.5 Å². The lowest BCUT2D eigenvalue weighted by molar-refractivity contribution is 0.346. The molecule has 0 spiro atoms. The van der Waals surface area contributed by atoms with Gasteiger partial charge in [-0.15, -0.1) is 0 Å². The Labute approximate surface area is 221 Å². The zero-order valence-corrected chi connectivity index (χ0v) is 22.0. The van der Waals surface area contributed by atoms with Gasteiger partial charge in [-0.1, -0.05) is 30.3 Å². The van der Waals surface area contributed by atoms with Crippen molar-refractivity contribution in [2.75, 3.05) is 40.6 Å². The fraction of sp³-hybridized carbons (Fsp3) is 0.233. The first-order chi connectivity index (χ1) is 18.5. The van der Waals surface area contributed by atoms with Crippen molar-refractivity contribution in [3.8, 4) is 34.5 Å². The lowest BCUT2D eigenvalue weighted by Gasteiger charge is -2.27. The number of hydrogen-bond acceptors (Lipinski definition) is 8. The van der Waals surface area contributed by atoms with Gasteiger partial charge in [-0.05, 0) is 29.7 Å². The molecule has 5 rings (SSSR count). The Morgan fingerprint density at radius 2 is 1.45 bits per heavy atom. The van der Waals surface area contributed by atoms with Crippen LogP contribution in [-0.2, 0) is 0 Å². The van der Waals surface area contributed by atoms with Gasteiger partial charge in [0.15, 0.2) is 11.5 Å². The van der Waals surface area contributed by atoms with Crippen LogP contribution in [0, 0.1) is 0 Å². The molecule has 1 atom stereocenters. The Hall–Kier alpha value is -4.59. The minimum absolute atomic E-state index is 0.198. The van der Waals surface area contributed by atoms with Gasteiger partial charge >= 0.3 is 0 Å². The highest BCUT2D eigenvalue weighted by atomic mass is 16.5. The SMILES string of the molecule is COc1ccc(N2N=C(c3ccc4ccccc4c3O)CC2c2cc(OC)c(OC)cc2OC)c(OC)c1. The topological polar surface area (TPSA) is 82.0 Å². The predicted octanol–water partition coefficient (Wildman–Crippen LogP) is 5.94. The smallest absolute Gasteiger partial charge is 0.164 e. The number of methoxy groups -OCH3 is 5. The number of aromatic hydroxyl groups is 1. The largest absolute Gasteiger partial charge is 0.507 e. The van der Waals surface area contributed by atoms with Gasteiger partial charge in [-0.2, -0.15) is 5.10 Å².